The van der Waals surface area contributed by atoms with Crippen molar-refractivity contribution in [3.05, 3.63) is 94.5 Å². The molecular formula is C21H18FN5O2. The van der Waals surface area contributed by atoms with Crippen LogP contribution < -0.4 is 10.7 Å². The van der Waals surface area contributed by atoms with Gasteiger partial charge in [-0.05, 0) is 29.8 Å². The van der Waals surface area contributed by atoms with Gasteiger partial charge in [0.15, 0.2) is 0 Å². The van der Waals surface area contributed by atoms with Crippen LogP contribution in [-0.2, 0) is 18.4 Å². The number of rotatable bonds is 5. The lowest BCUT2D eigenvalue weighted by atomic mass is 10.1. The molecule has 2 heterocycles. The van der Waals surface area contributed by atoms with Crippen molar-refractivity contribution in [3.8, 4) is 0 Å². The van der Waals surface area contributed by atoms with Gasteiger partial charge in [-0.25, -0.2) is 9.37 Å². The molecule has 0 saturated heterocycles. The van der Waals surface area contributed by atoms with Gasteiger partial charge in [0.2, 0.25) is 11.3 Å². The predicted octanol–water partition coefficient (Wildman–Crippen LogP) is 2.17. The Morgan fingerprint density at radius 3 is 2.66 bits per heavy atom. The van der Waals surface area contributed by atoms with Crippen molar-refractivity contribution in [3.63, 3.8) is 0 Å². The van der Waals surface area contributed by atoms with Crippen LogP contribution in [0.4, 0.5) is 4.39 Å². The zero-order chi connectivity index (χ0) is 20.4. The monoisotopic (exact) mass is 391 g/mol. The number of fused-ring (bicyclic) bond motifs is 1. The molecule has 1 amide bonds. The number of carbonyl (C=O) groups is 1. The SMILES string of the molecule is Cn1ccnc1C(NC(=O)Cn1ncc(=O)c2ccccc21)c1ccc(F)cc1. The Morgan fingerprint density at radius 1 is 1.17 bits per heavy atom. The van der Waals surface area contributed by atoms with Gasteiger partial charge in [-0.2, -0.15) is 5.10 Å². The number of hydrogen-bond acceptors (Lipinski definition) is 4. The molecule has 29 heavy (non-hydrogen) atoms. The van der Waals surface area contributed by atoms with E-state index in [9.17, 15) is 14.0 Å². The fraction of sp³-hybridized carbons (Fsp3) is 0.143. The molecule has 0 aliphatic rings. The summed E-state index contributed by atoms with van der Waals surface area (Å²) in [5.74, 6) is -0.0612. The Hall–Kier alpha value is -3.81. The first-order valence-electron chi connectivity index (χ1n) is 9.00. The second kappa shape index (κ2) is 7.67. The number of para-hydroxylation sites is 1. The van der Waals surface area contributed by atoms with Crippen LogP contribution in [0.5, 0.6) is 0 Å². The van der Waals surface area contributed by atoms with Crippen LogP contribution in [0, 0.1) is 5.82 Å². The Labute approximate surface area is 165 Å². The average Bonchev–Trinajstić information content (AvgIpc) is 3.15. The van der Waals surface area contributed by atoms with E-state index >= 15 is 0 Å². The van der Waals surface area contributed by atoms with Crippen molar-refractivity contribution < 1.29 is 9.18 Å². The third kappa shape index (κ3) is 3.77. The van der Waals surface area contributed by atoms with Crippen molar-refractivity contribution in [1.29, 1.82) is 0 Å². The fourth-order valence-corrected chi connectivity index (χ4v) is 3.24. The highest BCUT2D eigenvalue weighted by Gasteiger charge is 2.21. The minimum atomic E-state index is -0.561. The zero-order valence-electron chi connectivity index (χ0n) is 15.6. The van der Waals surface area contributed by atoms with E-state index in [-0.39, 0.29) is 23.7 Å². The summed E-state index contributed by atoms with van der Waals surface area (Å²) in [6.45, 7) is -0.0804. The van der Waals surface area contributed by atoms with E-state index in [1.54, 1.807) is 53.4 Å². The normalized spacial score (nSPS) is 12.1. The van der Waals surface area contributed by atoms with Crippen LogP contribution in [0.2, 0.25) is 0 Å². The number of carbonyl (C=O) groups excluding carboxylic acids is 1. The first-order valence-corrected chi connectivity index (χ1v) is 9.00. The van der Waals surface area contributed by atoms with Crippen molar-refractivity contribution in [2.24, 2.45) is 7.05 Å². The van der Waals surface area contributed by atoms with Gasteiger partial charge >= 0.3 is 0 Å². The third-order valence-corrected chi connectivity index (χ3v) is 4.68. The molecule has 146 valence electrons. The number of amides is 1. The topological polar surface area (TPSA) is 81.8 Å². The average molecular weight is 391 g/mol. The highest BCUT2D eigenvalue weighted by atomic mass is 19.1. The summed E-state index contributed by atoms with van der Waals surface area (Å²) in [6, 6.07) is 12.3. The van der Waals surface area contributed by atoms with Crippen molar-refractivity contribution in [1.82, 2.24) is 24.6 Å². The summed E-state index contributed by atoms with van der Waals surface area (Å²) < 4.78 is 16.6. The number of aromatic nitrogens is 4. The number of aryl methyl sites for hydroxylation is 1. The number of imidazole rings is 1. The summed E-state index contributed by atoms with van der Waals surface area (Å²) >= 11 is 0. The Kier molecular flexibility index (Phi) is 4.90. The molecule has 2 aromatic heterocycles. The van der Waals surface area contributed by atoms with Crippen LogP contribution in [0.25, 0.3) is 10.9 Å². The molecule has 0 radical (unpaired) electrons. The van der Waals surface area contributed by atoms with Crippen LogP contribution in [-0.4, -0.2) is 25.2 Å². The van der Waals surface area contributed by atoms with Gasteiger partial charge in [-0.3, -0.25) is 14.3 Å². The standard InChI is InChI=1S/C21H18FN5O2/c1-26-11-10-23-21(26)20(14-6-8-15(22)9-7-14)25-19(29)13-27-17-5-3-2-4-16(17)18(28)12-24-27/h2-12,20H,13H2,1H3,(H,25,29). The lowest BCUT2D eigenvalue weighted by Crippen LogP contribution is -2.34. The molecule has 0 spiro atoms. The minimum Gasteiger partial charge on any atom is -0.340 e. The molecule has 8 heteroatoms. The van der Waals surface area contributed by atoms with Gasteiger partial charge < -0.3 is 9.88 Å². The first-order chi connectivity index (χ1) is 14.0. The Balaban J connectivity index is 1.64. The van der Waals surface area contributed by atoms with E-state index in [1.165, 1.54) is 23.0 Å². The second-order valence-electron chi connectivity index (χ2n) is 6.63. The quantitative estimate of drug-likeness (QED) is 0.565. The van der Waals surface area contributed by atoms with Crippen LogP contribution in [0.15, 0.2) is 71.9 Å². The second-order valence-corrected chi connectivity index (χ2v) is 6.63. The molecule has 0 aliphatic carbocycles. The summed E-state index contributed by atoms with van der Waals surface area (Å²) in [6.07, 6.45) is 4.61. The van der Waals surface area contributed by atoms with Crippen LogP contribution in [0.3, 0.4) is 0 Å². The minimum absolute atomic E-state index is 0.0804. The highest BCUT2D eigenvalue weighted by Crippen LogP contribution is 2.21. The lowest BCUT2D eigenvalue weighted by molar-refractivity contribution is -0.122. The lowest BCUT2D eigenvalue weighted by Gasteiger charge is -2.20. The molecule has 1 unspecified atom stereocenters. The number of halogens is 1. The van der Waals surface area contributed by atoms with Crippen LogP contribution >= 0.6 is 0 Å². The van der Waals surface area contributed by atoms with E-state index in [0.717, 1.165) is 0 Å². The van der Waals surface area contributed by atoms with Gasteiger partial charge in [0.1, 0.15) is 24.2 Å². The van der Waals surface area contributed by atoms with Gasteiger partial charge in [-0.1, -0.05) is 24.3 Å². The molecule has 0 bridgehead atoms. The van der Waals surface area contributed by atoms with Crippen molar-refractivity contribution >= 4 is 16.8 Å². The summed E-state index contributed by atoms with van der Waals surface area (Å²) in [5, 5.41) is 7.53. The Bertz CT molecular complexity index is 1230. The number of benzene rings is 2. The third-order valence-electron chi connectivity index (χ3n) is 4.68. The predicted molar refractivity (Wildman–Crippen MR) is 106 cm³/mol. The summed E-state index contributed by atoms with van der Waals surface area (Å²) in [5.41, 5.74) is 1.08. The molecule has 4 aromatic rings. The molecule has 2 aromatic carbocycles. The van der Waals surface area contributed by atoms with E-state index in [4.69, 9.17) is 0 Å². The molecule has 0 fully saturated rings. The van der Waals surface area contributed by atoms with Crippen molar-refractivity contribution in [2.75, 3.05) is 0 Å². The van der Waals surface area contributed by atoms with E-state index in [2.05, 4.69) is 15.4 Å². The highest BCUT2D eigenvalue weighted by molar-refractivity contribution is 5.81. The fourth-order valence-electron chi connectivity index (χ4n) is 3.24. The smallest absolute Gasteiger partial charge is 0.242 e. The molecule has 7 nitrogen and oxygen atoms in total. The molecule has 4 rings (SSSR count). The maximum absolute atomic E-state index is 13.4. The van der Waals surface area contributed by atoms with Gasteiger partial charge in [-0.15, -0.1) is 0 Å². The number of nitrogens with one attached hydrogen (secondary N) is 1. The zero-order valence-corrected chi connectivity index (χ0v) is 15.6. The van der Waals surface area contributed by atoms with Gasteiger partial charge in [0.05, 0.1) is 11.7 Å². The van der Waals surface area contributed by atoms with Crippen molar-refractivity contribution in [2.45, 2.75) is 12.6 Å². The molecule has 1 atom stereocenters. The molecule has 0 aliphatic heterocycles. The molecule has 1 N–H and O–H groups in total. The summed E-state index contributed by atoms with van der Waals surface area (Å²) in [7, 11) is 1.82. The molecule has 0 saturated carbocycles. The van der Waals surface area contributed by atoms with Gasteiger partial charge in [0.25, 0.3) is 0 Å². The van der Waals surface area contributed by atoms with E-state index < -0.39 is 6.04 Å². The van der Waals surface area contributed by atoms with Crippen LogP contribution in [0.1, 0.15) is 17.4 Å². The summed E-state index contributed by atoms with van der Waals surface area (Å²) in [4.78, 5) is 29.1. The number of nitrogens with zero attached hydrogens (tertiary/aromatic N) is 4. The van der Waals surface area contributed by atoms with E-state index in [1.807, 2.05) is 7.05 Å². The largest absolute Gasteiger partial charge is 0.340 e. The maximum atomic E-state index is 13.4. The van der Waals surface area contributed by atoms with E-state index in [0.29, 0.717) is 22.3 Å². The number of hydrogen-bond donors (Lipinski definition) is 1. The Morgan fingerprint density at radius 2 is 1.93 bits per heavy atom. The van der Waals surface area contributed by atoms with Gasteiger partial charge in [0, 0.05) is 24.8 Å². The molecular weight excluding hydrogens is 373 g/mol. The first kappa shape index (κ1) is 18.5. The maximum Gasteiger partial charge on any atom is 0.242 e.